The van der Waals surface area contributed by atoms with E-state index in [4.69, 9.17) is 0 Å². The fourth-order valence-corrected chi connectivity index (χ4v) is 3.43. The number of nitrogens with zero attached hydrogens (tertiary/aromatic N) is 4. The summed E-state index contributed by atoms with van der Waals surface area (Å²) in [7, 11) is 4.20. The number of anilines is 1. The molecule has 6 heteroatoms. The quantitative estimate of drug-likeness (QED) is 0.802. The third kappa shape index (κ3) is 2.15. The van der Waals surface area contributed by atoms with E-state index in [2.05, 4.69) is 28.9 Å². The van der Waals surface area contributed by atoms with Crippen LogP contribution in [0.3, 0.4) is 0 Å². The number of aldehydes is 1. The molecule has 2 aromatic heterocycles. The number of likely N-dealkylation sites (tertiary alicyclic amines) is 1. The van der Waals surface area contributed by atoms with E-state index in [9.17, 15) is 4.79 Å². The summed E-state index contributed by atoms with van der Waals surface area (Å²) in [5.41, 5.74) is 0.665. The Labute approximate surface area is 116 Å². The van der Waals surface area contributed by atoms with Crippen LogP contribution in [-0.2, 0) is 0 Å². The first kappa shape index (κ1) is 12.6. The van der Waals surface area contributed by atoms with Gasteiger partial charge in [0, 0.05) is 24.7 Å². The SMILES string of the molecule is CN1CCC(N(C)c2nc3sccn3c2C=O)CC1. The maximum Gasteiger partial charge on any atom is 0.196 e. The Hall–Kier alpha value is -1.40. The normalized spacial score (nSPS) is 18.0. The Morgan fingerprint density at radius 2 is 2.21 bits per heavy atom. The zero-order chi connectivity index (χ0) is 13.4. The summed E-state index contributed by atoms with van der Waals surface area (Å²) in [5, 5.41) is 1.95. The minimum absolute atomic E-state index is 0.472. The summed E-state index contributed by atoms with van der Waals surface area (Å²) in [5.74, 6) is 0.816. The first-order valence-corrected chi connectivity index (χ1v) is 7.41. The predicted molar refractivity (Wildman–Crippen MR) is 77.4 cm³/mol. The van der Waals surface area contributed by atoms with Crippen molar-refractivity contribution in [1.82, 2.24) is 14.3 Å². The molecule has 1 fully saturated rings. The van der Waals surface area contributed by atoms with Gasteiger partial charge in [0.15, 0.2) is 17.1 Å². The van der Waals surface area contributed by atoms with E-state index < -0.39 is 0 Å². The van der Waals surface area contributed by atoms with Crippen LogP contribution in [0.25, 0.3) is 4.96 Å². The van der Waals surface area contributed by atoms with E-state index in [0.717, 1.165) is 43.0 Å². The van der Waals surface area contributed by atoms with Gasteiger partial charge in [-0.1, -0.05) is 0 Å². The minimum Gasteiger partial charge on any atom is -0.355 e. The molecule has 1 aliphatic rings. The van der Waals surface area contributed by atoms with Crippen molar-refractivity contribution < 1.29 is 4.79 Å². The molecule has 0 bridgehead atoms. The fraction of sp³-hybridized carbons (Fsp3) is 0.538. The Morgan fingerprint density at radius 1 is 1.47 bits per heavy atom. The van der Waals surface area contributed by atoms with Gasteiger partial charge in [-0.05, 0) is 33.0 Å². The molecular formula is C13H18N4OS. The number of fused-ring (bicyclic) bond motifs is 1. The summed E-state index contributed by atoms with van der Waals surface area (Å²) in [6.45, 7) is 2.21. The molecule has 0 aromatic carbocycles. The molecular weight excluding hydrogens is 260 g/mol. The lowest BCUT2D eigenvalue weighted by Gasteiger charge is -2.35. The number of rotatable bonds is 3. The molecule has 0 aliphatic carbocycles. The van der Waals surface area contributed by atoms with Crippen LogP contribution < -0.4 is 4.90 Å². The highest BCUT2D eigenvalue weighted by molar-refractivity contribution is 7.15. The molecule has 19 heavy (non-hydrogen) atoms. The first-order valence-electron chi connectivity index (χ1n) is 6.53. The molecule has 0 radical (unpaired) electrons. The Bertz CT molecular complexity index is 582. The van der Waals surface area contributed by atoms with E-state index in [1.807, 2.05) is 16.0 Å². The van der Waals surface area contributed by atoms with Gasteiger partial charge >= 0.3 is 0 Å². The summed E-state index contributed by atoms with van der Waals surface area (Å²) < 4.78 is 1.87. The Morgan fingerprint density at radius 3 is 2.89 bits per heavy atom. The van der Waals surface area contributed by atoms with Crippen LogP contribution in [0.5, 0.6) is 0 Å². The van der Waals surface area contributed by atoms with Crippen LogP contribution in [0.15, 0.2) is 11.6 Å². The predicted octanol–water partition coefficient (Wildman–Crippen LogP) is 1.74. The zero-order valence-electron chi connectivity index (χ0n) is 11.2. The summed E-state index contributed by atoms with van der Waals surface area (Å²) in [6, 6.07) is 0.472. The number of thiazole rings is 1. The molecule has 0 spiro atoms. The number of carbonyl (C=O) groups is 1. The topological polar surface area (TPSA) is 40.9 Å². The van der Waals surface area contributed by atoms with Gasteiger partial charge in [-0.2, -0.15) is 0 Å². The lowest BCUT2D eigenvalue weighted by molar-refractivity contribution is 0.111. The highest BCUT2D eigenvalue weighted by Gasteiger charge is 2.25. The van der Waals surface area contributed by atoms with Crippen LogP contribution in [0.4, 0.5) is 5.82 Å². The van der Waals surface area contributed by atoms with Crippen LogP contribution in [0, 0.1) is 0 Å². The Balaban J connectivity index is 1.90. The summed E-state index contributed by atoms with van der Waals surface area (Å²) >= 11 is 1.56. The molecule has 0 amide bonds. The molecule has 1 saturated heterocycles. The molecule has 0 atom stereocenters. The van der Waals surface area contributed by atoms with E-state index in [-0.39, 0.29) is 0 Å². The molecule has 3 heterocycles. The highest BCUT2D eigenvalue weighted by atomic mass is 32.1. The van der Waals surface area contributed by atoms with Gasteiger partial charge in [0.05, 0.1) is 0 Å². The number of carbonyl (C=O) groups excluding carboxylic acids is 1. The molecule has 2 aromatic rings. The standard InChI is InChI=1S/C13H18N4OS/c1-15-5-3-10(4-6-15)16(2)12-11(9-18)17-7-8-19-13(17)14-12/h7-10H,3-6H2,1-2H3. The molecule has 0 saturated carbocycles. The number of hydrogen-bond donors (Lipinski definition) is 0. The zero-order valence-corrected chi connectivity index (χ0v) is 12.1. The van der Waals surface area contributed by atoms with Crippen molar-refractivity contribution in [2.24, 2.45) is 0 Å². The van der Waals surface area contributed by atoms with Crippen molar-refractivity contribution in [3.8, 4) is 0 Å². The van der Waals surface area contributed by atoms with Crippen molar-refractivity contribution in [3.05, 3.63) is 17.3 Å². The lowest BCUT2D eigenvalue weighted by Crippen LogP contribution is -2.42. The first-order chi connectivity index (χ1) is 9.20. The van der Waals surface area contributed by atoms with Crippen LogP contribution in [0.1, 0.15) is 23.3 Å². The lowest BCUT2D eigenvalue weighted by atomic mass is 10.0. The number of aromatic nitrogens is 2. The van der Waals surface area contributed by atoms with Crippen molar-refractivity contribution in [2.45, 2.75) is 18.9 Å². The van der Waals surface area contributed by atoms with Crippen molar-refractivity contribution in [2.75, 3.05) is 32.1 Å². The third-order valence-electron chi connectivity index (χ3n) is 3.96. The molecule has 0 unspecified atom stereocenters. The average molecular weight is 278 g/mol. The van der Waals surface area contributed by atoms with Crippen LogP contribution in [-0.4, -0.2) is 53.8 Å². The van der Waals surface area contributed by atoms with E-state index in [0.29, 0.717) is 11.7 Å². The molecule has 3 rings (SSSR count). The maximum atomic E-state index is 11.3. The fourth-order valence-electron chi connectivity index (χ4n) is 2.72. The van der Waals surface area contributed by atoms with E-state index in [1.165, 1.54) is 0 Å². The van der Waals surface area contributed by atoms with Crippen molar-refractivity contribution in [1.29, 1.82) is 0 Å². The van der Waals surface area contributed by atoms with Gasteiger partial charge in [-0.15, -0.1) is 11.3 Å². The molecule has 5 nitrogen and oxygen atoms in total. The third-order valence-corrected chi connectivity index (χ3v) is 4.72. The van der Waals surface area contributed by atoms with E-state index >= 15 is 0 Å². The number of hydrogen-bond acceptors (Lipinski definition) is 5. The van der Waals surface area contributed by atoms with E-state index in [1.54, 1.807) is 11.3 Å². The second-order valence-electron chi connectivity index (χ2n) is 5.14. The van der Waals surface area contributed by atoms with Gasteiger partial charge in [0.1, 0.15) is 5.69 Å². The maximum absolute atomic E-state index is 11.3. The average Bonchev–Trinajstić information content (AvgIpc) is 2.98. The molecule has 102 valence electrons. The monoisotopic (exact) mass is 278 g/mol. The smallest absolute Gasteiger partial charge is 0.196 e. The van der Waals surface area contributed by atoms with Gasteiger partial charge in [-0.3, -0.25) is 9.20 Å². The largest absolute Gasteiger partial charge is 0.355 e. The summed E-state index contributed by atoms with van der Waals surface area (Å²) in [4.78, 5) is 21.4. The van der Waals surface area contributed by atoms with Crippen molar-refractivity contribution >= 4 is 28.4 Å². The van der Waals surface area contributed by atoms with Gasteiger partial charge in [0.25, 0.3) is 0 Å². The van der Waals surface area contributed by atoms with Gasteiger partial charge in [-0.25, -0.2) is 4.98 Å². The minimum atomic E-state index is 0.472. The second-order valence-corrected chi connectivity index (χ2v) is 6.01. The van der Waals surface area contributed by atoms with Gasteiger partial charge < -0.3 is 9.80 Å². The van der Waals surface area contributed by atoms with Crippen molar-refractivity contribution in [3.63, 3.8) is 0 Å². The van der Waals surface area contributed by atoms with Crippen LogP contribution >= 0.6 is 11.3 Å². The van der Waals surface area contributed by atoms with Gasteiger partial charge in [0.2, 0.25) is 0 Å². The molecule has 1 aliphatic heterocycles. The Kier molecular flexibility index (Phi) is 3.28. The summed E-state index contributed by atoms with van der Waals surface area (Å²) in [6.07, 6.45) is 5.06. The second kappa shape index (κ2) is 4.94. The number of imidazole rings is 1. The highest BCUT2D eigenvalue weighted by Crippen LogP contribution is 2.26. The number of piperidine rings is 1. The molecule has 0 N–H and O–H groups in total. The van der Waals surface area contributed by atoms with Crippen LogP contribution in [0.2, 0.25) is 0 Å².